The third-order valence-corrected chi connectivity index (χ3v) is 3.00. The Balaban J connectivity index is 2.26. The maximum absolute atomic E-state index is 11.6. The Bertz CT molecular complexity index is 249. The zero-order valence-electron chi connectivity index (χ0n) is 7.02. The van der Waals surface area contributed by atoms with Gasteiger partial charge in [-0.1, -0.05) is 6.92 Å². The van der Waals surface area contributed by atoms with Crippen molar-refractivity contribution in [3.8, 4) is 0 Å². The minimum absolute atomic E-state index is 0.0671. The molecular weight excluding hydrogens is 172 g/mol. The van der Waals surface area contributed by atoms with Gasteiger partial charge in [0, 0.05) is 0 Å². The molecular formula is C8H12N2OS. The van der Waals surface area contributed by atoms with Crippen molar-refractivity contribution >= 4 is 23.2 Å². The van der Waals surface area contributed by atoms with Crippen molar-refractivity contribution in [2.45, 2.75) is 31.7 Å². The van der Waals surface area contributed by atoms with E-state index in [2.05, 4.69) is 10.6 Å². The Morgan fingerprint density at radius 1 is 1.67 bits per heavy atom. The van der Waals surface area contributed by atoms with Crippen LogP contribution in [0.5, 0.6) is 0 Å². The molecule has 0 aromatic rings. The molecule has 66 valence electrons. The number of thiocarbonyl (C=S) groups is 1. The molecule has 1 aliphatic heterocycles. The van der Waals surface area contributed by atoms with E-state index < -0.39 is 0 Å². The number of amides is 1. The van der Waals surface area contributed by atoms with Gasteiger partial charge in [-0.15, -0.1) is 0 Å². The fraction of sp³-hybridized carbons (Fsp3) is 0.750. The first-order valence-corrected chi connectivity index (χ1v) is 4.73. The van der Waals surface area contributed by atoms with Crippen molar-refractivity contribution in [1.29, 1.82) is 0 Å². The molecule has 0 aromatic heterocycles. The highest BCUT2D eigenvalue weighted by Crippen LogP contribution is 2.42. The van der Waals surface area contributed by atoms with Gasteiger partial charge in [-0.25, -0.2) is 0 Å². The topological polar surface area (TPSA) is 41.1 Å². The predicted octanol–water partition coefficient (Wildman–Crippen LogP) is 0.549. The predicted molar refractivity (Wildman–Crippen MR) is 49.6 cm³/mol. The van der Waals surface area contributed by atoms with Crippen LogP contribution in [0.2, 0.25) is 0 Å². The van der Waals surface area contributed by atoms with Crippen LogP contribution in [0.25, 0.3) is 0 Å². The number of rotatable bonds is 2. The molecule has 3 nitrogen and oxygen atoms in total. The van der Waals surface area contributed by atoms with E-state index in [1.807, 2.05) is 6.92 Å². The molecule has 1 amide bonds. The Morgan fingerprint density at radius 3 is 2.67 bits per heavy atom. The Hall–Kier alpha value is -0.640. The molecule has 2 rings (SSSR count). The highest BCUT2D eigenvalue weighted by atomic mass is 32.1. The number of carbonyl (C=O) groups is 1. The van der Waals surface area contributed by atoms with E-state index in [1.165, 1.54) is 0 Å². The second-order valence-electron chi connectivity index (χ2n) is 3.51. The van der Waals surface area contributed by atoms with Crippen LogP contribution in [0.3, 0.4) is 0 Å². The Kier molecular flexibility index (Phi) is 1.61. The Morgan fingerprint density at radius 2 is 2.33 bits per heavy atom. The van der Waals surface area contributed by atoms with Crippen LogP contribution in [0.1, 0.15) is 26.2 Å². The minimum Gasteiger partial charge on any atom is -0.348 e. The van der Waals surface area contributed by atoms with E-state index in [9.17, 15) is 4.79 Å². The molecule has 2 fully saturated rings. The van der Waals surface area contributed by atoms with Crippen molar-refractivity contribution in [3.63, 3.8) is 0 Å². The maximum atomic E-state index is 11.6. The van der Waals surface area contributed by atoms with E-state index >= 15 is 0 Å². The SMILES string of the molecule is CCC1(C2CC2)NC(=S)NC1=O. The number of carbonyl (C=O) groups excluding carboxylic acids is 1. The molecule has 2 aliphatic rings. The summed E-state index contributed by atoms with van der Waals surface area (Å²) in [6.45, 7) is 2.03. The third-order valence-electron chi connectivity index (χ3n) is 2.80. The van der Waals surface area contributed by atoms with Gasteiger partial charge in [-0.2, -0.15) is 0 Å². The molecule has 4 heteroatoms. The van der Waals surface area contributed by atoms with Crippen molar-refractivity contribution in [3.05, 3.63) is 0 Å². The smallest absolute Gasteiger partial charge is 0.252 e. The highest BCUT2D eigenvalue weighted by Gasteiger charge is 2.53. The van der Waals surface area contributed by atoms with Gasteiger partial charge in [0.15, 0.2) is 5.11 Å². The van der Waals surface area contributed by atoms with Crippen molar-refractivity contribution in [1.82, 2.24) is 10.6 Å². The van der Waals surface area contributed by atoms with Crippen LogP contribution in [0.15, 0.2) is 0 Å². The van der Waals surface area contributed by atoms with Crippen LogP contribution in [-0.4, -0.2) is 16.6 Å². The first kappa shape index (κ1) is 7.98. The van der Waals surface area contributed by atoms with Gasteiger partial charge in [0.25, 0.3) is 5.91 Å². The van der Waals surface area contributed by atoms with Crippen LogP contribution in [0.4, 0.5) is 0 Å². The molecule has 0 spiro atoms. The summed E-state index contributed by atoms with van der Waals surface area (Å²) >= 11 is 4.92. The molecule has 1 saturated heterocycles. The monoisotopic (exact) mass is 184 g/mol. The van der Waals surface area contributed by atoms with Gasteiger partial charge < -0.3 is 10.6 Å². The highest BCUT2D eigenvalue weighted by molar-refractivity contribution is 7.80. The second kappa shape index (κ2) is 2.42. The lowest BCUT2D eigenvalue weighted by Crippen LogP contribution is -2.48. The van der Waals surface area contributed by atoms with E-state index in [1.54, 1.807) is 0 Å². The average Bonchev–Trinajstić information content (AvgIpc) is 2.79. The molecule has 1 aliphatic carbocycles. The van der Waals surface area contributed by atoms with Crippen LogP contribution in [0, 0.1) is 5.92 Å². The molecule has 1 saturated carbocycles. The summed E-state index contributed by atoms with van der Waals surface area (Å²) in [5, 5.41) is 6.26. The van der Waals surface area contributed by atoms with E-state index in [-0.39, 0.29) is 11.4 Å². The maximum Gasteiger partial charge on any atom is 0.252 e. The molecule has 1 atom stereocenters. The fourth-order valence-corrected chi connectivity index (χ4v) is 2.18. The number of hydrogen-bond donors (Lipinski definition) is 2. The normalized spacial score (nSPS) is 34.8. The zero-order valence-corrected chi connectivity index (χ0v) is 7.83. The lowest BCUT2D eigenvalue weighted by atomic mass is 9.90. The van der Waals surface area contributed by atoms with E-state index in [0.717, 1.165) is 19.3 Å². The summed E-state index contributed by atoms with van der Waals surface area (Å²) in [6, 6.07) is 0. The number of hydrogen-bond acceptors (Lipinski definition) is 2. The van der Waals surface area contributed by atoms with Gasteiger partial charge in [0.1, 0.15) is 5.54 Å². The van der Waals surface area contributed by atoms with Crippen LogP contribution in [-0.2, 0) is 4.79 Å². The number of nitrogens with one attached hydrogen (secondary N) is 2. The van der Waals surface area contributed by atoms with Crippen molar-refractivity contribution in [2.24, 2.45) is 5.92 Å². The summed E-state index contributed by atoms with van der Waals surface area (Å²) in [5.74, 6) is 0.570. The summed E-state index contributed by atoms with van der Waals surface area (Å²) in [6.07, 6.45) is 3.12. The molecule has 0 aromatic carbocycles. The summed E-state index contributed by atoms with van der Waals surface area (Å²) < 4.78 is 0. The first-order valence-electron chi connectivity index (χ1n) is 4.32. The minimum atomic E-state index is -0.364. The van der Waals surface area contributed by atoms with E-state index in [0.29, 0.717) is 11.0 Å². The second-order valence-corrected chi connectivity index (χ2v) is 3.92. The molecule has 12 heavy (non-hydrogen) atoms. The molecule has 0 radical (unpaired) electrons. The third kappa shape index (κ3) is 0.941. The summed E-state index contributed by atoms with van der Waals surface area (Å²) in [4.78, 5) is 11.6. The largest absolute Gasteiger partial charge is 0.348 e. The van der Waals surface area contributed by atoms with Crippen molar-refractivity contribution < 1.29 is 4.79 Å². The quantitative estimate of drug-likeness (QED) is 0.616. The van der Waals surface area contributed by atoms with Gasteiger partial charge >= 0.3 is 0 Å². The van der Waals surface area contributed by atoms with Crippen LogP contribution >= 0.6 is 12.2 Å². The van der Waals surface area contributed by atoms with Gasteiger partial charge in [0.05, 0.1) is 0 Å². The lowest BCUT2D eigenvalue weighted by molar-refractivity contribution is -0.124. The zero-order chi connectivity index (χ0) is 8.77. The van der Waals surface area contributed by atoms with Gasteiger partial charge in [-0.05, 0) is 37.4 Å². The summed E-state index contributed by atoms with van der Waals surface area (Å²) in [5.41, 5.74) is -0.364. The van der Waals surface area contributed by atoms with Crippen molar-refractivity contribution in [2.75, 3.05) is 0 Å². The van der Waals surface area contributed by atoms with Crippen LogP contribution < -0.4 is 10.6 Å². The fourth-order valence-electron chi connectivity index (χ4n) is 1.91. The first-order chi connectivity index (χ1) is 5.69. The van der Waals surface area contributed by atoms with E-state index in [4.69, 9.17) is 12.2 Å². The molecule has 1 unspecified atom stereocenters. The van der Waals surface area contributed by atoms with Gasteiger partial charge in [-0.3, -0.25) is 4.79 Å². The standard InChI is InChI=1S/C8H12N2OS/c1-2-8(5-3-4-5)6(11)9-7(12)10-8/h5H,2-4H2,1H3,(H2,9,10,11,12). The van der Waals surface area contributed by atoms with Gasteiger partial charge in [0.2, 0.25) is 0 Å². The summed E-state index contributed by atoms with van der Waals surface area (Å²) in [7, 11) is 0. The molecule has 1 heterocycles. The molecule has 0 bridgehead atoms. The molecule has 2 N–H and O–H groups in total. The average molecular weight is 184 g/mol. The Labute approximate surface area is 76.9 Å². The lowest BCUT2D eigenvalue weighted by Gasteiger charge is -2.24.